The van der Waals surface area contributed by atoms with Crippen molar-refractivity contribution in [3.8, 4) is 11.3 Å². The van der Waals surface area contributed by atoms with E-state index in [0.717, 1.165) is 17.1 Å². The van der Waals surface area contributed by atoms with Gasteiger partial charge in [0.15, 0.2) is 0 Å². The van der Waals surface area contributed by atoms with E-state index >= 15 is 0 Å². The molecule has 0 saturated heterocycles. The van der Waals surface area contributed by atoms with E-state index in [1.165, 1.54) is 5.56 Å². The van der Waals surface area contributed by atoms with E-state index in [4.69, 9.17) is 0 Å². The summed E-state index contributed by atoms with van der Waals surface area (Å²) in [5.41, 5.74) is 3.23. The van der Waals surface area contributed by atoms with Crippen LogP contribution in [0.2, 0.25) is 0 Å². The minimum absolute atomic E-state index is 0.0102. The van der Waals surface area contributed by atoms with Gasteiger partial charge < -0.3 is 5.11 Å². The number of aromatic nitrogens is 2. The molecule has 3 nitrogen and oxygen atoms in total. The predicted octanol–water partition coefficient (Wildman–Crippen LogP) is 3.18. The first-order chi connectivity index (χ1) is 9.13. The van der Waals surface area contributed by atoms with Crippen LogP contribution in [0.15, 0.2) is 36.5 Å². The van der Waals surface area contributed by atoms with Crippen LogP contribution in [0.4, 0.5) is 0 Å². The van der Waals surface area contributed by atoms with Crippen molar-refractivity contribution in [2.75, 3.05) is 6.61 Å². The molecule has 1 aromatic carbocycles. The number of nitrogens with zero attached hydrogens (tertiary/aromatic N) is 2. The topological polar surface area (TPSA) is 46.0 Å². The molecule has 0 aliphatic carbocycles. The summed E-state index contributed by atoms with van der Waals surface area (Å²) >= 11 is 0. The minimum Gasteiger partial charge on any atom is -0.396 e. The van der Waals surface area contributed by atoms with Gasteiger partial charge in [-0.05, 0) is 24.5 Å². The van der Waals surface area contributed by atoms with Crippen molar-refractivity contribution in [2.45, 2.75) is 26.7 Å². The highest BCUT2D eigenvalue weighted by Gasteiger charge is 2.18. The predicted molar refractivity (Wildman–Crippen MR) is 76.9 cm³/mol. The Balaban J connectivity index is 2.42. The fourth-order valence-corrected chi connectivity index (χ4v) is 2.15. The summed E-state index contributed by atoms with van der Waals surface area (Å²) in [7, 11) is 0. The second-order valence-electron chi connectivity index (χ2n) is 5.15. The van der Waals surface area contributed by atoms with Crippen molar-refractivity contribution in [1.82, 2.24) is 9.97 Å². The van der Waals surface area contributed by atoms with Gasteiger partial charge in [0.1, 0.15) is 5.82 Å². The van der Waals surface area contributed by atoms with Crippen LogP contribution in [-0.2, 0) is 0 Å². The van der Waals surface area contributed by atoms with Crippen LogP contribution in [0.3, 0.4) is 0 Å². The Bertz CT molecular complexity index is 552. The molecule has 1 aromatic heterocycles. The number of aliphatic hydroxyl groups excluding tert-OH is 1. The van der Waals surface area contributed by atoms with Crippen LogP contribution < -0.4 is 0 Å². The number of rotatable bonds is 4. The third-order valence-corrected chi connectivity index (χ3v) is 3.43. The van der Waals surface area contributed by atoms with Crippen LogP contribution >= 0.6 is 0 Å². The quantitative estimate of drug-likeness (QED) is 0.913. The Morgan fingerprint density at radius 3 is 2.53 bits per heavy atom. The Hall–Kier alpha value is -1.74. The molecule has 2 aromatic rings. The molecule has 1 N–H and O–H groups in total. The minimum atomic E-state index is -0.0102. The molecule has 0 aliphatic rings. The monoisotopic (exact) mass is 256 g/mol. The largest absolute Gasteiger partial charge is 0.396 e. The zero-order valence-corrected chi connectivity index (χ0v) is 11.7. The molecular formula is C16H20N2O. The third-order valence-electron chi connectivity index (χ3n) is 3.43. The van der Waals surface area contributed by atoms with Gasteiger partial charge in [-0.25, -0.2) is 9.97 Å². The van der Waals surface area contributed by atoms with Crippen LogP contribution in [0.1, 0.15) is 31.2 Å². The summed E-state index contributed by atoms with van der Waals surface area (Å²) in [6.45, 7) is 6.30. The molecule has 0 spiro atoms. The van der Waals surface area contributed by atoms with Gasteiger partial charge >= 0.3 is 0 Å². The number of benzene rings is 1. The van der Waals surface area contributed by atoms with Gasteiger partial charge in [-0.1, -0.05) is 38.1 Å². The molecular weight excluding hydrogens is 236 g/mol. The average Bonchev–Trinajstić information content (AvgIpc) is 2.40. The smallest absolute Gasteiger partial charge is 0.134 e. The molecule has 1 heterocycles. The van der Waals surface area contributed by atoms with E-state index in [1.54, 1.807) is 6.20 Å². The zero-order chi connectivity index (χ0) is 13.8. The van der Waals surface area contributed by atoms with E-state index in [1.807, 2.05) is 18.2 Å². The highest BCUT2D eigenvalue weighted by molar-refractivity contribution is 5.62. The van der Waals surface area contributed by atoms with Crippen molar-refractivity contribution >= 4 is 0 Å². The average molecular weight is 256 g/mol. The van der Waals surface area contributed by atoms with E-state index < -0.39 is 0 Å². The standard InChI is InChI=1S/C16H20N2O/c1-11(2)14(10-19)16-17-9-8-15(18-16)13-7-5-4-6-12(13)3/h4-9,11,14,19H,10H2,1-3H3. The van der Waals surface area contributed by atoms with Crippen LogP contribution in [0.5, 0.6) is 0 Å². The summed E-state index contributed by atoms with van der Waals surface area (Å²) in [6, 6.07) is 10.1. The van der Waals surface area contributed by atoms with Crippen molar-refractivity contribution < 1.29 is 5.11 Å². The first kappa shape index (κ1) is 13.7. The number of hydrogen-bond donors (Lipinski definition) is 1. The maximum absolute atomic E-state index is 9.49. The lowest BCUT2D eigenvalue weighted by atomic mass is 9.95. The highest BCUT2D eigenvalue weighted by Crippen LogP contribution is 2.25. The SMILES string of the molecule is Cc1ccccc1-c1ccnc(C(CO)C(C)C)n1. The summed E-state index contributed by atoms with van der Waals surface area (Å²) < 4.78 is 0. The Morgan fingerprint density at radius 1 is 1.16 bits per heavy atom. The van der Waals surface area contributed by atoms with Crippen LogP contribution in [-0.4, -0.2) is 21.7 Å². The van der Waals surface area contributed by atoms with E-state index in [0.29, 0.717) is 5.92 Å². The Labute approximate surface area is 114 Å². The molecule has 2 rings (SSSR count). The molecule has 0 saturated carbocycles. The number of hydrogen-bond acceptors (Lipinski definition) is 3. The fourth-order valence-electron chi connectivity index (χ4n) is 2.15. The van der Waals surface area contributed by atoms with E-state index in [-0.39, 0.29) is 12.5 Å². The maximum atomic E-state index is 9.49. The number of aliphatic hydroxyl groups is 1. The first-order valence-corrected chi connectivity index (χ1v) is 6.63. The molecule has 3 heteroatoms. The lowest BCUT2D eigenvalue weighted by molar-refractivity contribution is 0.232. The van der Waals surface area contributed by atoms with Gasteiger partial charge in [-0.3, -0.25) is 0 Å². The van der Waals surface area contributed by atoms with Crippen molar-refractivity contribution in [3.63, 3.8) is 0 Å². The normalized spacial score (nSPS) is 12.7. The lowest BCUT2D eigenvalue weighted by Gasteiger charge is -2.17. The molecule has 0 radical (unpaired) electrons. The zero-order valence-electron chi connectivity index (χ0n) is 11.7. The van der Waals surface area contributed by atoms with Crippen molar-refractivity contribution in [1.29, 1.82) is 0 Å². The molecule has 0 aliphatic heterocycles. The van der Waals surface area contributed by atoms with Gasteiger partial charge in [0.25, 0.3) is 0 Å². The molecule has 0 bridgehead atoms. The van der Waals surface area contributed by atoms with Gasteiger partial charge in [-0.15, -0.1) is 0 Å². The van der Waals surface area contributed by atoms with E-state index in [2.05, 4.69) is 42.9 Å². The van der Waals surface area contributed by atoms with Gasteiger partial charge in [0.05, 0.1) is 12.3 Å². The summed E-state index contributed by atoms with van der Waals surface area (Å²) in [5, 5.41) is 9.49. The summed E-state index contributed by atoms with van der Waals surface area (Å²) in [4.78, 5) is 8.94. The molecule has 100 valence electrons. The second kappa shape index (κ2) is 5.93. The highest BCUT2D eigenvalue weighted by atomic mass is 16.3. The molecule has 19 heavy (non-hydrogen) atoms. The van der Waals surface area contributed by atoms with Crippen LogP contribution in [0, 0.1) is 12.8 Å². The molecule has 0 amide bonds. The van der Waals surface area contributed by atoms with Gasteiger partial charge in [0.2, 0.25) is 0 Å². The maximum Gasteiger partial charge on any atom is 0.134 e. The fraction of sp³-hybridized carbons (Fsp3) is 0.375. The molecule has 1 unspecified atom stereocenters. The molecule has 1 atom stereocenters. The summed E-state index contributed by atoms with van der Waals surface area (Å²) in [5.74, 6) is 1.03. The lowest BCUT2D eigenvalue weighted by Crippen LogP contribution is -2.15. The van der Waals surface area contributed by atoms with Gasteiger partial charge in [0, 0.05) is 17.7 Å². The van der Waals surface area contributed by atoms with Gasteiger partial charge in [-0.2, -0.15) is 0 Å². The van der Waals surface area contributed by atoms with Crippen molar-refractivity contribution in [2.24, 2.45) is 5.92 Å². The van der Waals surface area contributed by atoms with Crippen LogP contribution in [0.25, 0.3) is 11.3 Å². The van der Waals surface area contributed by atoms with E-state index in [9.17, 15) is 5.11 Å². The second-order valence-corrected chi connectivity index (χ2v) is 5.15. The van der Waals surface area contributed by atoms with Crippen molar-refractivity contribution in [3.05, 3.63) is 47.9 Å². The number of aryl methyl sites for hydroxylation is 1. The third kappa shape index (κ3) is 2.99. The first-order valence-electron chi connectivity index (χ1n) is 6.63. The molecule has 0 fully saturated rings. The Morgan fingerprint density at radius 2 is 1.89 bits per heavy atom. The Kier molecular flexibility index (Phi) is 4.27. The summed E-state index contributed by atoms with van der Waals surface area (Å²) in [6.07, 6.45) is 1.77.